The SMILES string of the molecule is C#Cc1c(F)ccc2cc(OCOC)cc(-c3ncc4c(N5CC6CCC(C5)N6C(=O)OC(C)(C)C)nc(OC[C@@H]5CC[C@@H](C=O)N5C)nc4c3F)c12. The van der Waals surface area contributed by atoms with Crippen molar-refractivity contribution in [1.82, 2.24) is 24.8 Å². The number of methoxy groups -OCH3 is 1. The number of anilines is 1. The molecule has 3 saturated heterocycles. The molecule has 0 spiro atoms. The molecule has 278 valence electrons. The first-order valence-corrected chi connectivity index (χ1v) is 17.7. The van der Waals surface area contributed by atoms with Crippen LogP contribution in [0.3, 0.4) is 0 Å². The van der Waals surface area contributed by atoms with Crippen LogP contribution in [0.5, 0.6) is 11.8 Å². The van der Waals surface area contributed by atoms with Gasteiger partial charge in [0.1, 0.15) is 47.1 Å². The maximum atomic E-state index is 17.2. The summed E-state index contributed by atoms with van der Waals surface area (Å²) in [5, 5.41) is 1.14. The zero-order chi connectivity index (χ0) is 37.6. The smallest absolute Gasteiger partial charge is 0.410 e. The van der Waals surface area contributed by atoms with Gasteiger partial charge < -0.3 is 28.6 Å². The number of piperazine rings is 1. The average Bonchev–Trinajstić information content (AvgIpc) is 3.62. The van der Waals surface area contributed by atoms with Gasteiger partial charge in [-0.25, -0.2) is 13.6 Å². The minimum Gasteiger partial charge on any atom is -0.468 e. The Hall–Kier alpha value is -5.13. The molecule has 2 aromatic carbocycles. The van der Waals surface area contributed by atoms with Crippen LogP contribution in [0, 0.1) is 24.0 Å². The number of halogens is 2. The molecule has 2 bridgehead atoms. The molecule has 0 radical (unpaired) electrons. The molecule has 0 N–H and O–H groups in total. The first kappa shape index (κ1) is 36.2. The Morgan fingerprint density at radius 1 is 1.08 bits per heavy atom. The molecule has 4 atom stereocenters. The highest BCUT2D eigenvalue weighted by Crippen LogP contribution is 2.41. The number of terminal acetylenes is 1. The Labute approximate surface area is 306 Å². The summed E-state index contributed by atoms with van der Waals surface area (Å²) >= 11 is 0. The molecule has 12 nitrogen and oxygen atoms in total. The standard InChI is InChI=1S/C39H42F2N6O6/c1-7-28-31(40)13-8-22-14-27(52-21-50-6)15-29(32(22)28)34-33(41)35-30(16-42-34)36(44-37(43-35)51-20-26-12-11-25(19-48)45(26)5)46-17-23-9-10-24(18-46)47(23)38(49)53-39(2,3)4/h1,8,13-16,19,23-26H,9-12,17-18,20-21H2,2-6H3/t23?,24?,25-,26-/m0/s1. The van der Waals surface area contributed by atoms with E-state index in [1.165, 1.54) is 19.4 Å². The molecule has 4 aromatic rings. The van der Waals surface area contributed by atoms with Crippen LogP contribution in [0.1, 0.15) is 52.0 Å². The normalized spacial score (nSPS) is 21.6. The van der Waals surface area contributed by atoms with Gasteiger partial charge in [-0.2, -0.15) is 9.97 Å². The second-order valence-corrected chi connectivity index (χ2v) is 14.8. The predicted octanol–water partition coefficient (Wildman–Crippen LogP) is 5.72. The molecule has 3 aliphatic rings. The third kappa shape index (κ3) is 6.91. The molecule has 3 aliphatic heterocycles. The van der Waals surface area contributed by atoms with Gasteiger partial charge in [0.2, 0.25) is 0 Å². The number of ether oxygens (including phenoxy) is 4. The highest BCUT2D eigenvalue weighted by Gasteiger charge is 2.45. The van der Waals surface area contributed by atoms with Crippen LogP contribution in [0.25, 0.3) is 32.9 Å². The summed E-state index contributed by atoms with van der Waals surface area (Å²) in [6, 6.07) is 5.37. The zero-order valence-corrected chi connectivity index (χ0v) is 30.4. The number of carbonyl (C=O) groups is 2. The summed E-state index contributed by atoms with van der Waals surface area (Å²) in [5.41, 5.74) is -0.660. The second kappa shape index (κ2) is 14.4. The Morgan fingerprint density at radius 3 is 2.49 bits per heavy atom. The monoisotopic (exact) mass is 728 g/mol. The molecule has 53 heavy (non-hydrogen) atoms. The number of aldehydes is 1. The first-order valence-electron chi connectivity index (χ1n) is 17.7. The quantitative estimate of drug-likeness (QED) is 0.120. The van der Waals surface area contributed by atoms with E-state index in [4.69, 9.17) is 30.4 Å². The van der Waals surface area contributed by atoms with Gasteiger partial charge in [0.15, 0.2) is 12.6 Å². The molecule has 5 heterocycles. The van der Waals surface area contributed by atoms with Crippen molar-refractivity contribution in [1.29, 1.82) is 0 Å². The number of nitrogens with zero attached hydrogens (tertiary/aromatic N) is 6. The summed E-state index contributed by atoms with van der Waals surface area (Å²) in [6.07, 6.45) is 10.8. The molecule has 0 saturated carbocycles. The van der Waals surface area contributed by atoms with E-state index in [1.54, 1.807) is 18.2 Å². The van der Waals surface area contributed by atoms with E-state index in [-0.39, 0.29) is 77.4 Å². The molecule has 2 unspecified atom stereocenters. The number of rotatable bonds is 9. The lowest BCUT2D eigenvalue weighted by atomic mass is 9.95. The van der Waals surface area contributed by atoms with Crippen molar-refractivity contribution in [2.75, 3.05) is 45.5 Å². The minimum atomic E-state index is -0.789. The number of amides is 1. The van der Waals surface area contributed by atoms with Gasteiger partial charge in [0.25, 0.3) is 0 Å². The zero-order valence-electron chi connectivity index (χ0n) is 30.4. The van der Waals surface area contributed by atoms with Crippen LogP contribution in [0.4, 0.5) is 19.4 Å². The fourth-order valence-corrected chi connectivity index (χ4v) is 7.73. The van der Waals surface area contributed by atoms with Gasteiger partial charge in [-0.15, -0.1) is 6.42 Å². The molecule has 1 amide bonds. The predicted molar refractivity (Wildman–Crippen MR) is 194 cm³/mol. The summed E-state index contributed by atoms with van der Waals surface area (Å²) in [4.78, 5) is 44.5. The lowest BCUT2D eigenvalue weighted by molar-refractivity contribution is -0.111. The van der Waals surface area contributed by atoms with Crippen LogP contribution in [0.2, 0.25) is 0 Å². The van der Waals surface area contributed by atoms with E-state index < -0.39 is 17.2 Å². The number of carbonyl (C=O) groups excluding carboxylic acids is 2. The topological polar surface area (TPSA) is 119 Å². The van der Waals surface area contributed by atoms with Gasteiger partial charge in [-0.05, 0) is 77.1 Å². The van der Waals surface area contributed by atoms with E-state index in [1.807, 2.05) is 42.5 Å². The van der Waals surface area contributed by atoms with Crippen molar-refractivity contribution >= 4 is 39.9 Å². The van der Waals surface area contributed by atoms with Crippen LogP contribution < -0.4 is 14.4 Å². The minimum absolute atomic E-state index is 0.0443. The molecular formula is C39H42F2N6O6. The van der Waals surface area contributed by atoms with E-state index >= 15 is 8.78 Å². The lowest BCUT2D eigenvalue weighted by Gasteiger charge is -2.42. The van der Waals surface area contributed by atoms with Gasteiger partial charge in [0, 0.05) is 43.4 Å². The maximum Gasteiger partial charge on any atom is 0.410 e. The van der Waals surface area contributed by atoms with Crippen molar-refractivity contribution in [3.63, 3.8) is 0 Å². The molecule has 14 heteroatoms. The van der Waals surface area contributed by atoms with Crippen molar-refractivity contribution in [2.45, 2.75) is 76.2 Å². The second-order valence-electron chi connectivity index (χ2n) is 14.8. The summed E-state index contributed by atoms with van der Waals surface area (Å²) in [5.74, 6) is 1.74. The number of hydrogen-bond donors (Lipinski definition) is 0. The van der Waals surface area contributed by atoms with E-state index in [2.05, 4.69) is 15.9 Å². The Morgan fingerprint density at radius 2 is 1.83 bits per heavy atom. The fourth-order valence-electron chi connectivity index (χ4n) is 7.73. The van der Waals surface area contributed by atoms with Crippen molar-refractivity contribution in [3.8, 4) is 35.4 Å². The van der Waals surface area contributed by atoms with Crippen LogP contribution >= 0.6 is 0 Å². The van der Waals surface area contributed by atoms with Crippen molar-refractivity contribution in [3.05, 3.63) is 47.7 Å². The van der Waals surface area contributed by atoms with Crippen LogP contribution in [0.15, 0.2) is 30.5 Å². The van der Waals surface area contributed by atoms with E-state index in [0.29, 0.717) is 41.9 Å². The number of likely N-dealkylation sites (tertiary alicyclic amines) is 1. The molecular weight excluding hydrogens is 686 g/mol. The van der Waals surface area contributed by atoms with Gasteiger partial charge in [-0.1, -0.05) is 12.0 Å². The number of pyridine rings is 1. The Bertz CT molecular complexity index is 2100. The van der Waals surface area contributed by atoms with Gasteiger partial charge >= 0.3 is 12.1 Å². The molecule has 0 aliphatic carbocycles. The van der Waals surface area contributed by atoms with Crippen molar-refractivity contribution < 1.29 is 37.3 Å². The Balaban J connectivity index is 1.33. The Kier molecular flexibility index (Phi) is 9.82. The summed E-state index contributed by atoms with van der Waals surface area (Å²) in [7, 11) is 3.34. The van der Waals surface area contributed by atoms with Gasteiger partial charge in [0.05, 0.1) is 29.1 Å². The number of fused-ring (bicyclic) bond motifs is 4. The first-order chi connectivity index (χ1) is 25.4. The highest BCUT2D eigenvalue weighted by atomic mass is 19.1. The highest BCUT2D eigenvalue weighted by molar-refractivity contribution is 6.03. The average molecular weight is 729 g/mol. The van der Waals surface area contributed by atoms with Crippen LogP contribution in [-0.4, -0.2) is 108 Å². The summed E-state index contributed by atoms with van der Waals surface area (Å²) < 4.78 is 55.0. The van der Waals surface area contributed by atoms with E-state index in [9.17, 15) is 9.59 Å². The number of hydrogen-bond acceptors (Lipinski definition) is 11. The van der Waals surface area contributed by atoms with Crippen molar-refractivity contribution in [2.24, 2.45) is 0 Å². The fraction of sp³-hybridized carbons (Fsp3) is 0.462. The molecule has 2 aromatic heterocycles. The third-order valence-electron chi connectivity index (χ3n) is 10.3. The lowest BCUT2D eigenvalue weighted by Crippen LogP contribution is -2.57. The summed E-state index contributed by atoms with van der Waals surface area (Å²) in [6.45, 7) is 6.46. The molecule has 7 rings (SSSR count). The van der Waals surface area contributed by atoms with E-state index in [0.717, 1.165) is 25.5 Å². The largest absolute Gasteiger partial charge is 0.468 e. The molecule has 3 fully saturated rings. The third-order valence-corrected chi connectivity index (χ3v) is 10.3. The maximum absolute atomic E-state index is 17.2. The van der Waals surface area contributed by atoms with Crippen LogP contribution in [-0.2, 0) is 14.3 Å². The number of aromatic nitrogens is 3. The van der Waals surface area contributed by atoms with Gasteiger partial charge in [-0.3, -0.25) is 14.8 Å². The number of benzene rings is 2. The number of likely N-dealkylation sites (N-methyl/N-ethyl adjacent to an activating group) is 1.